The van der Waals surface area contributed by atoms with Crippen molar-refractivity contribution in [1.29, 1.82) is 0 Å². The lowest BCUT2D eigenvalue weighted by Gasteiger charge is -2.19. The van der Waals surface area contributed by atoms with Gasteiger partial charge < -0.3 is 5.32 Å². The average molecular weight is 464 g/mol. The minimum atomic E-state index is -0.193. The van der Waals surface area contributed by atoms with Crippen LogP contribution in [0.2, 0.25) is 0 Å². The zero-order valence-electron chi connectivity index (χ0n) is 19.9. The third kappa shape index (κ3) is 3.73. The largest absolute Gasteiger partial charge is 0.326 e. The van der Waals surface area contributed by atoms with Crippen LogP contribution in [0.3, 0.4) is 0 Å². The number of carbonyl (C=O) groups excluding carboxylic acids is 1. The molecule has 0 bridgehead atoms. The molecule has 1 aliphatic carbocycles. The zero-order valence-corrected chi connectivity index (χ0v) is 19.9. The predicted octanol–water partition coefficient (Wildman–Crippen LogP) is 8.34. The van der Waals surface area contributed by atoms with E-state index in [0.717, 1.165) is 11.3 Å². The van der Waals surface area contributed by atoms with Crippen molar-refractivity contribution in [2.45, 2.75) is 6.42 Å². The summed E-state index contributed by atoms with van der Waals surface area (Å²) in [4.78, 5) is 11.8. The van der Waals surface area contributed by atoms with Crippen LogP contribution in [-0.2, 0) is 4.79 Å². The fourth-order valence-corrected chi connectivity index (χ4v) is 5.27. The van der Waals surface area contributed by atoms with Gasteiger partial charge in [-0.15, -0.1) is 0 Å². The summed E-state index contributed by atoms with van der Waals surface area (Å²) in [5, 5.41) is 10.3. The van der Waals surface area contributed by atoms with Crippen LogP contribution in [0.25, 0.3) is 49.0 Å². The number of fused-ring (bicyclic) bond motifs is 3. The number of allylic oxidation sites excluding steroid dienone is 5. The average Bonchev–Trinajstić information content (AvgIpc) is 3.16. The molecule has 0 heterocycles. The number of benzene rings is 5. The standard InChI is InChI=1S/C34H25NO/c1-2-32(36)35-25-14-9-13-24(21-22-25)33-28-16-5-7-18-30(28)34(31-19-8-6-17-29(31)33)27-20-10-12-23-11-3-4-15-26(23)27/h2-13,15-22H,1,14H2,(H,35,36). The number of hydrogen-bond acceptors (Lipinski definition) is 1. The van der Waals surface area contributed by atoms with Gasteiger partial charge >= 0.3 is 0 Å². The van der Waals surface area contributed by atoms with Gasteiger partial charge in [0.05, 0.1) is 0 Å². The van der Waals surface area contributed by atoms with E-state index < -0.39 is 0 Å². The zero-order chi connectivity index (χ0) is 24.5. The molecular formula is C34H25NO. The van der Waals surface area contributed by atoms with Crippen molar-refractivity contribution in [3.8, 4) is 11.1 Å². The van der Waals surface area contributed by atoms with Gasteiger partial charge in [0.2, 0.25) is 5.91 Å². The lowest BCUT2D eigenvalue weighted by Crippen LogP contribution is -2.19. The quantitative estimate of drug-likeness (QED) is 0.211. The molecule has 36 heavy (non-hydrogen) atoms. The van der Waals surface area contributed by atoms with Crippen molar-refractivity contribution in [2.75, 3.05) is 0 Å². The van der Waals surface area contributed by atoms with E-state index in [0.29, 0.717) is 6.42 Å². The van der Waals surface area contributed by atoms with Gasteiger partial charge in [0.25, 0.3) is 0 Å². The minimum absolute atomic E-state index is 0.193. The summed E-state index contributed by atoms with van der Waals surface area (Å²) in [6.07, 6.45) is 10.3. The molecule has 172 valence electrons. The smallest absolute Gasteiger partial charge is 0.247 e. The number of rotatable bonds is 4. The van der Waals surface area contributed by atoms with Gasteiger partial charge in [-0.1, -0.05) is 116 Å². The molecule has 0 saturated carbocycles. The van der Waals surface area contributed by atoms with Gasteiger partial charge in [-0.2, -0.15) is 0 Å². The van der Waals surface area contributed by atoms with Crippen LogP contribution in [0.1, 0.15) is 12.0 Å². The molecule has 0 unspecified atom stereocenters. The third-order valence-corrected chi connectivity index (χ3v) is 6.85. The summed E-state index contributed by atoms with van der Waals surface area (Å²) < 4.78 is 0. The Morgan fingerprint density at radius 2 is 1.28 bits per heavy atom. The molecule has 1 amide bonds. The third-order valence-electron chi connectivity index (χ3n) is 6.85. The summed E-state index contributed by atoms with van der Waals surface area (Å²) in [5.74, 6) is -0.193. The van der Waals surface area contributed by atoms with Gasteiger partial charge in [0.15, 0.2) is 0 Å². The van der Waals surface area contributed by atoms with E-state index in [1.807, 2.05) is 6.08 Å². The molecule has 0 radical (unpaired) electrons. The number of amides is 1. The summed E-state index contributed by atoms with van der Waals surface area (Å²) in [6.45, 7) is 3.56. The Morgan fingerprint density at radius 1 is 0.694 bits per heavy atom. The van der Waals surface area contributed by atoms with E-state index in [2.05, 4.69) is 121 Å². The first-order chi connectivity index (χ1) is 17.7. The highest BCUT2D eigenvalue weighted by molar-refractivity contribution is 6.21. The second-order valence-electron chi connectivity index (χ2n) is 8.98. The van der Waals surface area contributed by atoms with E-state index in [1.54, 1.807) is 0 Å². The highest BCUT2D eigenvalue weighted by Gasteiger charge is 2.18. The molecule has 2 nitrogen and oxygen atoms in total. The van der Waals surface area contributed by atoms with Gasteiger partial charge in [0, 0.05) is 12.1 Å². The molecular weight excluding hydrogens is 438 g/mol. The molecule has 1 aliphatic rings. The predicted molar refractivity (Wildman–Crippen MR) is 153 cm³/mol. The van der Waals surface area contributed by atoms with Crippen molar-refractivity contribution < 1.29 is 4.79 Å². The Morgan fingerprint density at radius 3 is 1.94 bits per heavy atom. The molecule has 0 atom stereocenters. The molecule has 5 aromatic carbocycles. The Hall–Kier alpha value is -4.69. The minimum Gasteiger partial charge on any atom is -0.326 e. The molecule has 0 fully saturated rings. The van der Waals surface area contributed by atoms with Crippen LogP contribution < -0.4 is 5.32 Å². The van der Waals surface area contributed by atoms with Gasteiger partial charge in [-0.25, -0.2) is 0 Å². The monoisotopic (exact) mass is 463 g/mol. The highest BCUT2D eigenvalue weighted by Crippen LogP contribution is 2.44. The summed E-state index contributed by atoms with van der Waals surface area (Å²) in [7, 11) is 0. The first kappa shape index (κ1) is 21.8. The van der Waals surface area contributed by atoms with Crippen LogP contribution >= 0.6 is 0 Å². The van der Waals surface area contributed by atoms with Gasteiger partial charge in [-0.05, 0) is 66.7 Å². The molecule has 2 heteroatoms. The normalized spacial score (nSPS) is 13.3. The molecule has 1 N–H and O–H groups in total. The molecule has 6 rings (SSSR count). The van der Waals surface area contributed by atoms with Crippen LogP contribution in [0, 0.1) is 0 Å². The summed E-state index contributed by atoms with van der Waals surface area (Å²) >= 11 is 0. The number of nitrogens with one attached hydrogen (secondary N) is 1. The van der Waals surface area contributed by atoms with Crippen LogP contribution in [-0.4, -0.2) is 5.91 Å². The van der Waals surface area contributed by atoms with Crippen molar-refractivity contribution in [3.63, 3.8) is 0 Å². The fraction of sp³-hybridized carbons (Fsp3) is 0.0294. The van der Waals surface area contributed by atoms with Crippen molar-refractivity contribution in [3.05, 3.63) is 139 Å². The Kier molecular flexibility index (Phi) is 5.55. The van der Waals surface area contributed by atoms with E-state index in [-0.39, 0.29) is 5.91 Å². The van der Waals surface area contributed by atoms with E-state index in [1.165, 1.54) is 55.1 Å². The molecule has 0 spiro atoms. The molecule has 0 aliphatic heterocycles. The van der Waals surface area contributed by atoms with Gasteiger partial charge in [-0.3, -0.25) is 4.79 Å². The van der Waals surface area contributed by atoms with Crippen molar-refractivity contribution in [1.82, 2.24) is 5.32 Å². The summed E-state index contributed by atoms with van der Waals surface area (Å²) in [5.41, 5.74) is 5.68. The van der Waals surface area contributed by atoms with Crippen LogP contribution in [0.5, 0.6) is 0 Å². The first-order valence-corrected chi connectivity index (χ1v) is 12.2. The van der Waals surface area contributed by atoms with Gasteiger partial charge in [0.1, 0.15) is 0 Å². The maximum absolute atomic E-state index is 11.8. The van der Waals surface area contributed by atoms with Crippen LogP contribution in [0.15, 0.2) is 134 Å². The topological polar surface area (TPSA) is 29.1 Å². The van der Waals surface area contributed by atoms with Crippen LogP contribution in [0.4, 0.5) is 0 Å². The molecule has 0 aromatic heterocycles. The van der Waals surface area contributed by atoms with E-state index in [9.17, 15) is 4.79 Å². The number of carbonyl (C=O) groups is 1. The Labute approximate surface area is 210 Å². The lowest BCUT2D eigenvalue weighted by atomic mass is 9.84. The second-order valence-corrected chi connectivity index (χ2v) is 8.98. The molecule has 5 aromatic rings. The number of hydrogen-bond donors (Lipinski definition) is 1. The fourth-order valence-electron chi connectivity index (χ4n) is 5.27. The Balaban J connectivity index is 1.67. The van der Waals surface area contributed by atoms with E-state index in [4.69, 9.17) is 0 Å². The highest BCUT2D eigenvalue weighted by atomic mass is 16.1. The summed E-state index contributed by atoms with van der Waals surface area (Å²) in [6, 6.07) is 32.5. The SMILES string of the molecule is C=CC(=O)NC1=CC=C(c2c3ccccc3c(-c3cccc4ccccc34)c3ccccc23)C=CC1. The maximum Gasteiger partial charge on any atom is 0.247 e. The second kappa shape index (κ2) is 9.16. The molecule has 0 saturated heterocycles. The van der Waals surface area contributed by atoms with E-state index >= 15 is 0 Å². The Bertz CT molecular complexity index is 1710. The lowest BCUT2D eigenvalue weighted by molar-refractivity contribution is -0.115. The van der Waals surface area contributed by atoms with Crippen molar-refractivity contribution in [2.24, 2.45) is 0 Å². The first-order valence-electron chi connectivity index (χ1n) is 12.2. The van der Waals surface area contributed by atoms with Crippen molar-refractivity contribution >= 4 is 43.8 Å². The maximum atomic E-state index is 11.8.